The Labute approximate surface area is 133 Å². The van der Waals surface area contributed by atoms with Gasteiger partial charge in [-0.3, -0.25) is 9.48 Å². The predicted octanol–water partition coefficient (Wildman–Crippen LogP) is 1.49. The first-order valence-electron chi connectivity index (χ1n) is 7.34. The molecule has 1 amide bonds. The van der Waals surface area contributed by atoms with Crippen molar-refractivity contribution in [3.05, 3.63) is 65.7 Å². The quantitative estimate of drug-likeness (QED) is 0.774. The molecule has 2 aromatic heterocycles. The van der Waals surface area contributed by atoms with E-state index in [1.54, 1.807) is 35.0 Å². The summed E-state index contributed by atoms with van der Waals surface area (Å²) in [5.74, 6) is -0.172. The first-order valence-corrected chi connectivity index (χ1v) is 7.34. The molecule has 1 unspecified atom stereocenters. The summed E-state index contributed by atoms with van der Waals surface area (Å²) in [6.45, 7) is 2.32. The van der Waals surface area contributed by atoms with Crippen LogP contribution >= 0.6 is 0 Å². The molecule has 0 saturated carbocycles. The second-order valence-corrected chi connectivity index (χ2v) is 5.32. The number of nitrogens with one attached hydrogen (secondary N) is 1. The van der Waals surface area contributed by atoms with Crippen LogP contribution in [0.2, 0.25) is 0 Å². The van der Waals surface area contributed by atoms with Crippen molar-refractivity contribution in [1.29, 1.82) is 0 Å². The highest BCUT2D eigenvalue weighted by molar-refractivity contribution is 5.92. The van der Waals surface area contributed by atoms with Gasteiger partial charge in [-0.05, 0) is 18.6 Å². The second-order valence-electron chi connectivity index (χ2n) is 5.32. The summed E-state index contributed by atoms with van der Waals surface area (Å²) in [6, 6.07) is 11.3. The van der Waals surface area contributed by atoms with Crippen molar-refractivity contribution >= 4 is 5.91 Å². The fourth-order valence-electron chi connectivity index (χ4n) is 2.48. The van der Waals surface area contributed by atoms with E-state index >= 15 is 0 Å². The zero-order valence-electron chi connectivity index (χ0n) is 13.0. The van der Waals surface area contributed by atoms with Crippen molar-refractivity contribution < 1.29 is 4.79 Å². The lowest BCUT2D eigenvalue weighted by Crippen LogP contribution is -2.33. The number of nitrogens with zero attached hydrogens (tertiary/aromatic N) is 5. The van der Waals surface area contributed by atoms with Gasteiger partial charge in [0.1, 0.15) is 5.69 Å². The van der Waals surface area contributed by atoms with Gasteiger partial charge in [-0.1, -0.05) is 30.3 Å². The number of carbonyl (C=O) groups is 1. The Bertz CT molecular complexity index is 778. The minimum Gasteiger partial charge on any atom is -0.342 e. The number of benzene rings is 1. The Morgan fingerprint density at radius 3 is 2.52 bits per heavy atom. The normalized spacial score (nSPS) is 12.1. The number of aromatic nitrogens is 5. The van der Waals surface area contributed by atoms with Crippen molar-refractivity contribution in [2.24, 2.45) is 7.05 Å². The molecule has 0 aliphatic rings. The Kier molecular flexibility index (Phi) is 4.18. The molecule has 3 rings (SSSR count). The Balaban J connectivity index is 1.83. The molecule has 7 nitrogen and oxygen atoms in total. The average Bonchev–Trinajstić information content (AvgIpc) is 3.17. The number of amides is 1. The summed E-state index contributed by atoms with van der Waals surface area (Å²) in [4.78, 5) is 14.1. The smallest absolute Gasteiger partial charge is 0.270 e. The van der Waals surface area contributed by atoms with E-state index in [9.17, 15) is 4.79 Å². The molecule has 0 radical (unpaired) electrons. The van der Waals surface area contributed by atoms with Crippen molar-refractivity contribution in [1.82, 2.24) is 30.1 Å². The molecule has 0 aliphatic heterocycles. The lowest BCUT2D eigenvalue weighted by atomic mass is 10.1. The van der Waals surface area contributed by atoms with Gasteiger partial charge in [-0.25, -0.2) is 0 Å². The predicted molar refractivity (Wildman–Crippen MR) is 84.6 cm³/mol. The third kappa shape index (κ3) is 3.45. The van der Waals surface area contributed by atoms with Gasteiger partial charge in [0.25, 0.3) is 5.91 Å². The molecule has 1 atom stereocenters. The van der Waals surface area contributed by atoms with Gasteiger partial charge < -0.3 is 5.32 Å². The van der Waals surface area contributed by atoms with Crippen LogP contribution in [0.1, 0.15) is 27.8 Å². The number of hydrogen-bond acceptors (Lipinski definition) is 4. The second kappa shape index (κ2) is 6.43. The van der Waals surface area contributed by atoms with Gasteiger partial charge in [0, 0.05) is 7.05 Å². The molecule has 0 saturated heterocycles. The van der Waals surface area contributed by atoms with E-state index in [1.807, 2.05) is 37.3 Å². The summed E-state index contributed by atoms with van der Waals surface area (Å²) in [6.07, 6.45) is 3.24. The van der Waals surface area contributed by atoms with Crippen LogP contribution in [0.15, 0.2) is 48.8 Å². The van der Waals surface area contributed by atoms with Crippen LogP contribution in [-0.2, 0) is 13.6 Å². The van der Waals surface area contributed by atoms with Crippen LogP contribution in [0, 0.1) is 6.92 Å². The highest BCUT2D eigenvalue weighted by Crippen LogP contribution is 2.15. The van der Waals surface area contributed by atoms with Crippen LogP contribution in [-0.4, -0.2) is 30.7 Å². The zero-order chi connectivity index (χ0) is 16.2. The molecule has 0 fully saturated rings. The lowest BCUT2D eigenvalue weighted by Gasteiger charge is -2.18. The molecule has 118 valence electrons. The Hall–Kier alpha value is -2.96. The SMILES string of the molecule is Cc1cc(C(=O)NC(Cn2nccn2)c2ccccc2)n(C)n1. The molecule has 0 aliphatic carbocycles. The maximum absolute atomic E-state index is 12.6. The largest absolute Gasteiger partial charge is 0.342 e. The average molecular weight is 310 g/mol. The standard InChI is InChI=1S/C16H18N6O/c1-12-10-15(21(2)20-12)16(23)19-14(11-22-17-8-9-18-22)13-6-4-3-5-7-13/h3-10,14H,11H2,1-2H3,(H,19,23). The molecule has 1 N–H and O–H groups in total. The molecule has 1 aromatic carbocycles. The topological polar surface area (TPSA) is 77.6 Å². The lowest BCUT2D eigenvalue weighted by molar-refractivity contribution is 0.0921. The molecular weight excluding hydrogens is 292 g/mol. The van der Waals surface area contributed by atoms with Crippen LogP contribution in [0.3, 0.4) is 0 Å². The highest BCUT2D eigenvalue weighted by Gasteiger charge is 2.19. The number of aryl methyl sites for hydroxylation is 2. The van der Waals surface area contributed by atoms with Gasteiger partial charge in [0.15, 0.2) is 0 Å². The van der Waals surface area contributed by atoms with Crippen molar-refractivity contribution in [2.45, 2.75) is 19.5 Å². The zero-order valence-corrected chi connectivity index (χ0v) is 13.0. The van der Waals surface area contributed by atoms with E-state index in [0.717, 1.165) is 11.3 Å². The third-order valence-corrected chi connectivity index (χ3v) is 3.55. The molecule has 3 aromatic rings. The van der Waals surface area contributed by atoms with Crippen LogP contribution < -0.4 is 5.32 Å². The van der Waals surface area contributed by atoms with Gasteiger partial charge in [-0.2, -0.15) is 20.1 Å². The van der Waals surface area contributed by atoms with E-state index < -0.39 is 0 Å². The van der Waals surface area contributed by atoms with Gasteiger partial charge in [-0.15, -0.1) is 0 Å². The first-order chi connectivity index (χ1) is 11.1. The van der Waals surface area contributed by atoms with E-state index in [-0.39, 0.29) is 11.9 Å². The fourth-order valence-corrected chi connectivity index (χ4v) is 2.48. The van der Waals surface area contributed by atoms with Crippen LogP contribution in [0.4, 0.5) is 0 Å². The molecular formula is C16H18N6O. The van der Waals surface area contributed by atoms with Crippen molar-refractivity contribution in [3.63, 3.8) is 0 Å². The van der Waals surface area contributed by atoms with Crippen LogP contribution in [0.5, 0.6) is 0 Å². The summed E-state index contributed by atoms with van der Waals surface area (Å²) < 4.78 is 1.58. The van der Waals surface area contributed by atoms with Crippen LogP contribution in [0.25, 0.3) is 0 Å². The van der Waals surface area contributed by atoms with Crippen molar-refractivity contribution in [3.8, 4) is 0 Å². The van der Waals surface area contributed by atoms with E-state index in [0.29, 0.717) is 12.2 Å². The number of carbonyl (C=O) groups excluding carboxylic acids is 1. The molecule has 0 spiro atoms. The van der Waals surface area contributed by atoms with Gasteiger partial charge >= 0.3 is 0 Å². The van der Waals surface area contributed by atoms with Gasteiger partial charge in [0.05, 0.1) is 30.7 Å². The van der Waals surface area contributed by atoms with Gasteiger partial charge in [0.2, 0.25) is 0 Å². The first kappa shape index (κ1) is 15.0. The Morgan fingerprint density at radius 1 is 1.22 bits per heavy atom. The maximum atomic E-state index is 12.6. The summed E-state index contributed by atoms with van der Waals surface area (Å²) in [5, 5.41) is 15.5. The number of hydrogen-bond donors (Lipinski definition) is 1. The Morgan fingerprint density at radius 2 is 1.91 bits per heavy atom. The molecule has 7 heteroatoms. The number of rotatable bonds is 5. The maximum Gasteiger partial charge on any atom is 0.270 e. The molecule has 2 heterocycles. The van der Waals surface area contributed by atoms with E-state index in [4.69, 9.17) is 0 Å². The fraction of sp³-hybridized carbons (Fsp3) is 0.250. The summed E-state index contributed by atoms with van der Waals surface area (Å²) in [7, 11) is 1.76. The molecule has 0 bridgehead atoms. The monoisotopic (exact) mass is 310 g/mol. The van der Waals surface area contributed by atoms with Crippen molar-refractivity contribution in [2.75, 3.05) is 0 Å². The third-order valence-electron chi connectivity index (χ3n) is 3.55. The minimum atomic E-state index is -0.230. The molecule has 23 heavy (non-hydrogen) atoms. The summed E-state index contributed by atoms with van der Waals surface area (Å²) in [5.41, 5.74) is 2.33. The minimum absolute atomic E-state index is 0.172. The van der Waals surface area contributed by atoms with E-state index in [2.05, 4.69) is 20.6 Å². The summed E-state index contributed by atoms with van der Waals surface area (Å²) >= 11 is 0. The highest BCUT2D eigenvalue weighted by atomic mass is 16.2. The van der Waals surface area contributed by atoms with E-state index in [1.165, 1.54) is 0 Å².